The standard InChI is InChI=1S/C14H23NO3/c1-3-7-10(2)13(16)15-12-9-6-4-5-8-11(12)14(17)18/h7,11-12H,3-6,8-9H2,1-2H3,(H,15,16)(H,17,18)/b10-7-/t11-,12+/m0/s1. The minimum absolute atomic E-state index is 0.130. The highest BCUT2D eigenvalue weighted by molar-refractivity contribution is 5.93. The fraction of sp³-hybridized carbons (Fsp3) is 0.714. The van der Waals surface area contributed by atoms with Gasteiger partial charge in [-0.3, -0.25) is 9.59 Å². The van der Waals surface area contributed by atoms with Gasteiger partial charge in [0.1, 0.15) is 0 Å². The number of carbonyl (C=O) groups excluding carboxylic acids is 1. The van der Waals surface area contributed by atoms with Gasteiger partial charge in [-0.25, -0.2) is 0 Å². The van der Waals surface area contributed by atoms with E-state index in [4.69, 9.17) is 0 Å². The third-order valence-corrected chi connectivity index (χ3v) is 3.52. The molecule has 0 aromatic carbocycles. The van der Waals surface area contributed by atoms with Gasteiger partial charge in [0, 0.05) is 11.6 Å². The molecule has 0 heterocycles. The summed E-state index contributed by atoms with van der Waals surface area (Å²) in [6.45, 7) is 3.74. The van der Waals surface area contributed by atoms with Crippen LogP contribution in [0.3, 0.4) is 0 Å². The second-order valence-corrected chi connectivity index (χ2v) is 4.96. The zero-order chi connectivity index (χ0) is 13.5. The van der Waals surface area contributed by atoms with Gasteiger partial charge in [-0.15, -0.1) is 0 Å². The number of rotatable bonds is 4. The van der Waals surface area contributed by atoms with Crippen molar-refractivity contribution >= 4 is 11.9 Å². The highest BCUT2D eigenvalue weighted by Crippen LogP contribution is 2.24. The van der Waals surface area contributed by atoms with Gasteiger partial charge in [0.25, 0.3) is 0 Å². The van der Waals surface area contributed by atoms with Crippen molar-refractivity contribution in [3.8, 4) is 0 Å². The van der Waals surface area contributed by atoms with Crippen molar-refractivity contribution in [3.63, 3.8) is 0 Å². The predicted molar refractivity (Wildman–Crippen MR) is 70.2 cm³/mol. The average Bonchev–Trinajstić information content (AvgIpc) is 2.54. The van der Waals surface area contributed by atoms with Gasteiger partial charge in [-0.1, -0.05) is 32.3 Å². The summed E-state index contributed by atoms with van der Waals surface area (Å²) in [5.74, 6) is -1.36. The molecule has 2 N–H and O–H groups in total. The molecule has 0 unspecified atom stereocenters. The number of aliphatic carboxylic acids is 1. The van der Waals surface area contributed by atoms with Gasteiger partial charge >= 0.3 is 5.97 Å². The molecule has 4 heteroatoms. The molecule has 0 saturated heterocycles. The van der Waals surface area contributed by atoms with E-state index in [-0.39, 0.29) is 11.9 Å². The van der Waals surface area contributed by atoms with Crippen molar-refractivity contribution in [2.45, 2.75) is 58.4 Å². The third-order valence-electron chi connectivity index (χ3n) is 3.52. The first kappa shape index (κ1) is 14.7. The molecule has 0 radical (unpaired) electrons. The monoisotopic (exact) mass is 253 g/mol. The first-order valence-electron chi connectivity index (χ1n) is 6.76. The molecular weight excluding hydrogens is 230 g/mol. The van der Waals surface area contributed by atoms with Crippen molar-refractivity contribution in [1.82, 2.24) is 5.32 Å². The summed E-state index contributed by atoms with van der Waals surface area (Å²) in [6.07, 6.45) is 7.09. The van der Waals surface area contributed by atoms with Crippen LogP contribution in [0.25, 0.3) is 0 Å². The maximum absolute atomic E-state index is 11.9. The van der Waals surface area contributed by atoms with Crippen molar-refractivity contribution in [3.05, 3.63) is 11.6 Å². The lowest BCUT2D eigenvalue weighted by Gasteiger charge is -2.23. The van der Waals surface area contributed by atoms with Crippen LogP contribution in [0.2, 0.25) is 0 Å². The number of nitrogens with one attached hydrogen (secondary N) is 1. The summed E-state index contributed by atoms with van der Waals surface area (Å²) in [6, 6.07) is -0.224. The lowest BCUT2D eigenvalue weighted by Crippen LogP contribution is -2.43. The number of carbonyl (C=O) groups is 2. The fourth-order valence-corrected chi connectivity index (χ4v) is 2.46. The van der Waals surface area contributed by atoms with Gasteiger partial charge in [0.15, 0.2) is 0 Å². The molecule has 0 bridgehead atoms. The van der Waals surface area contributed by atoms with Crippen molar-refractivity contribution < 1.29 is 14.7 Å². The van der Waals surface area contributed by atoms with Crippen LogP contribution in [0.4, 0.5) is 0 Å². The van der Waals surface area contributed by atoms with Crippen LogP contribution in [-0.4, -0.2) is 23.0 Å². The van der Waals surface area contributed by atoms with Crippen LogP contribution in [0.15, 0.2) is 11.6 Å². The molecule has 4 nitrogen and oxygen atoms in total. The van der Waals surface area contributed by atoms with E-state index in [1.165, 1.54) is 0 Å². The Morgan fingerprint density at radius 1 is 1.28 bits per heavy atom. The average molecular weight is 253 g/mol. The lowest BCUT2D eigenvalue weighted by molar-refractivity contribution is -0.143. The minimum atomic E-state index is -0.792. The van der Waals surface area contributed by atoms with E-state index in [1.54, 1.807) is 6.92 Å². The number of amides is 1. The van der Waals surface area contributed by atoms with Crippen LogP contribution in [-0.2, 0) is 9.59 Å². The van der Waals surface area contributed by atoms with Gasteiger partial charge in [0.2, 0.25) is 5.91 Å². The second-order valence-electron chi connectivity index (χ2n) is 4.96. The number of hydrogen-bond acceptors (Lipinski definition) is 2. The molecule has 2 atom stereocenters. The lowest BCUT2D eigenvalue weighted by atomic mass is 9.94. The summed E-state index contributed by atoms with van der Waals surface area (Å²) >= 11 is 0. The van der Waals surface area contributed by atoms with Gasteiger partial charge in [-0.2, -0.15) is 0 Å². The van der Waals surface area contributed by atoms with E-state index in [0.717, 1.165) is 32.1 Å². The summed E-state index contributed by atoms with van der Waals surface area (Å²) in [7, 11) is 0. The summed E-state index contributed by atoms with van der Waals surface area (Å²) in [5.41, 5.74) is 0.672. The number of carboxylic acids is 1. The normalized spacial score (nSPS) is 25.3. The van der Waals surface area contributed by atoms with E-state index in [1.807, 2.05) is 13.0 Å². The Bertz CT molecular complexity index is 336. The molecule has 1 aliphatic carbocycles. The van der Waals surface area contributed by atoms with Gasteiger partial charge in [0.05, 0.1) is 5.92 Å². The number of hydrogen-bond donors (Lipinski definition) is 2. The molecule has 102 valence electrons. The Hall–Kier alpha value is -1.32. The molecule has 0 aromatic rings. The molecule has 1 fully saturated rings. The molecule has 0 spiro atoms. The molecule has 1 rings (SSSR count). The van der Waals surface area contributed by atoms with Gasteiger partial charge < -0.3 is 10.4 Å². The fourth-order valence-electron chi connectivity index (χ4n) is 2.46. The van der Waals surface area contributed by atoms with Crippen LogP contribution < -0.4 is 5.32 Å². The quantitative estimate of drug-likeness (QED) is 0.597. The van der Waals surface area contributed by atoms with Crippen LogP contribution in [0, 0.1) is 5.92 Å². The molecular formula is C14H23NO3. The molecule has 18 heavy (non-hydrogen) atoms. The summed E-state index contributed by atoms with van der Waals surface area (Å²) in [5, 5.41) is 12.1. The van der Waals surface area contributed by atoms with Crippen molar-refractivity contribution in [2.24, 2.45) is 5.92 Å². The highest BCUT2D eigenvalue weighted by atomic mass is 16.4. The van der Waals surface area contributed by atoms with Crippen LogP contribution in [0.1, 0.15) is 52.4 Å². The Balaban J connectivity index is 2.69. The maximum atomic E-state index is 11.9. The molecule has 1 aliphatic rings. The van der Waals surface area contributed by atoms with Crippen LogP contribution >= 0.6 is 0 Å². The number of allylic oxidation sites excluding steroid dienone is 1. The van der Waals surface area contributed by atoms with Crippen molar-refractivity contribution in [2.75, 3.05) is 0 Å². The minimum Gasteiger partial charge on any atom is -0.481 e. The SMILES string of the molecule is CC/C=C(/C)C(=O)N[C@@H]1CCCCC[C@@H]1C(=O)O. The third kappa shape index (κ3) is 4.17. The Kier molecular flexibility index (Phi) is 5.89. The van der Waals surface area contributed by atoms with E-state index < -0.39 is 11.9 Å². The zero-order valence-electron chi connectivity index (χ0n) is 11.2. The molecule has 0 aliphatic heterocycles. The Morgan fingerprint density at radius 3 is 2.56 bits per heavy atom. The first-order chi connectivity index (χ1) is 8.56. The summed E-state index contributed by atoms with van der Waals surface area (Å²) in [4.78, 5) is 23.1. The van der Waals surface area contributed by atoms with E-state index in [0.29, 0.717) is 12.0 Å². The molecule has 1 amide bonds. The molecule has 0 aromatic heterocycles. The van der Waals surface area contributed by atoms with E-state index >= 15 is 0 Å². The molecule has 1 saturated carbocycles. The van der Waals surface area contributed by atoms with Crippen LogP contribution in [0.5, 0.6) is 0 Å². The topological polar surface area (TPSA) is 66.4 Å². The second kappa shape index (κ2) is 7.19. The van der Waals surface area contributed by atoms with E-state index in [9.17, 15) is 14.7 Å². The highest BCUT2D eigenvalue weighted by Gasteiger charge is 2.30. The summed E-state index contributed by atoms with van der Waals surface area (Å²) < 4.78 is 0. The number of carboxylic acid groups (broad SMARTS) is 1. The maximum Gasteiger partial charge on any atom is 0.308 e. The largest absolute Gasteiger partial charge is 0.481 e. The first-order valence-corrected chi connectivity index (χ1v) is 6.76. The Labute approximate surface area is 108 Å². The van der Waals surface area contributed by atoms with Gasteiger partial charge in [-0.05, 0) is 26.2 Å². The zero-order valence-corrected chi connectivity index (χ0v) is 11.2. The predicted octanol–water partition coefficient (Wildman–Crippen LogP) is 2.49. The smallest absolute Gasteiger partial charge is 0.308 e. The van der Waals surface area contributed by atoms with E-state index in [2.05, 4.69) is 5.32 Å². The van der Waals surface area contributed by atoms with Crippen molar-refractivity contribution in [1.29, 1.82) is 0 Å². The Morgan fingerprint density at radius 2 is 1.94 bits per heavy atom.